The first-order chi connectivity index (χ1) is 9.52. The highest BCUT2D eigenvalue weighted by Crippen LogP contribution is 2.11. The maximum absolute atomic E-state index is 11.7. The monoisotopic (exact) mass is 294 g/mol. The summed E-state index contributed by atoms with van der Waals surface area (Å²) in [6.07, 6.45) is 3.90. The third-order valence-corrected chi connectivity index (χ3v) is 2.81. The molecule has 0 saturated heterocycles. The van der Waals surface area contributed by atoms with Crippen LogP contribution in [0.3, 0.4) is 0 Å². The molecule has 0 bridgehead atoms. The Morgan fingerprint density at radius 3 is 2.80 bits per heavy atom. The van der Waals surface area contributed by atoms with E-state index in [-0.39, 0.29) is 11.8 Å². The zero-order chi connectivity index (χ0) is 15.0. The second-order valence-electron chi connectivity index (χ2n) is 4.41. The van der Waals surface area contributed by atoms with Crippen LogP contribution in [0.1, 0.15) is 25.8 Å². The van der Waals surface area contributed by atoms with E-state index in [2.05, 4.69) is 10.6 Å². The first-order valence-corrected chi connectivity index (χ1v) is 6.92. The molecule has 1 aromatic carbocycles. The van der Waals surface area contributed by atoms with Gasteiger partial charge in [-0.2, -0.15) is 0 Å². The summed E-state index contributed by atoms with van der Waals surface area (Å²) < 4.78 is 0. The highest BCUT2D eigenvalue weighted by molar-refractivity contribution is 6.30. The Morgan fingerprint density at radius 2 is 2.15 bits per heavy atom. The predicted octanol–water partition coefficient (Wildman–Crippen LogP) is 2.38. The summed E-state index contributed by atoms with van der Waals surface area (Å²) >= 11 is 5.85. The van der Waals surface area contributed by atoms with Crippen molar-refractivity contribution in [1.82, 2.24) is 10.6 Å². The predicted molar refractivity (Wildman–Crippen MR) is 81.4 cm³/mol. The zero-order valence-corrected chi connectivity index (χ0v) is 12.4. The standard InChI is InChI=1S/C15H19ClN2O2/c1-3-9-17-15(20)11(2)18-14(19)8-7-12-5-4-6-13(16)10-12/h4-8,10-11H,3,9H2,1-2H3,(H,17,20)(H,18,19). The third kappa shape index (κ3) is 5.89. The molecule has 0 aliphatic carbocycles. The topological polar surface area (TPSA) is 58.2 Å². The van der Waals surface area contributed by atoms with Crippen LogP contribution in [0.5, 0.6) is 0 Å². The van der Waals surface area contributed by atoms with E-state index in [1.807, 2.05) is 13.0 Å². The van der Waals surface area contributed by atoms with Crippen molar-refractivity contribution >= 4 is 29.5 Å². The van der Waals surface area contributed by atoms with Gasteiger partial charge in [-0.05, 0) is 37.1 Å². The van der Waals surface area contributed by atoms with Gasteiger partial charge in [-0.25, -0.2) is 0 Å². The van der Waals surface area contributed by atoms with Gasteiger partial charge in [0.2, 0.25) is 11.8 Å². The number of nitrogens with one attached hydrogen (secondary N) is 2. The van der Waals surface area contributed by atoms with Gasteiger partial charge >= 0.3 is 0 Å². The van der Waals surface area contributed by atoms with Crippen LogP contribution in [-0.4, -0.2) is 24.4 Å². The normalized spacial score (nSPS) is 12.2. The van der Waals surface area contributed by atoms with Gasteiger partial charge in [0.25, 0.3) is 0 Å². The first-order valence-electron chi connectivity index (χ1n) is 6.54. The van der Waals surface area contributed by atoms with E-state index in [1.54, 1.807) is 31.2 Å². The molecule has 1 rings (SSSR count). The van der Waals surface area contributed by atoms with Gasteiger partial charge in [-0.1, -0.05) is 30.7 Å². The van der Waals surface area contributed by atoms with Crippen LogP contribution in [0.4, 0.5) is 0 Å². The van der Waals surface area contributed by atoms with Gasteiger partial charge in [0.1, 0.15) is 6.04 Å². The minimum Gasteiger partial charge on any atom is -0.354 e. The van der Waals surface area contributed by atoms with Crippen LogP contribution in [-0.2, 0) is 9.59 Å². The Morgan fingerprint density at radius 1 is 1.40 bits per heavy atom. The van der Waals surface area contributed by atoms with Crippen LogP contribution >= 0.6 is 11.6 Å². The fourth-order valence-corrected chi connectivity index (χ4v) is 1.71. The average Bonchev–Trinajstić information content (AvgIpc) is 2.42. The number of rotatable bonds is 6. The number of carbonyl (C=O) groups excluding carboxylic acids is 2. The molecule has 1 atom stereocenters. The van der Waals surface area contributed by atoms with Crippen molar-refractivity contribution in [3.63, 3.8) is 0 Å². The van der Waals surface area contributed by atoms with E-state index in [9.17, 15) is 9.59 Å². The lowest BCUT2D eigenvalue weighted by molar-refractivity contribution is -0.126. The summed E-state index contributed by atoms with van der Waals surface area (Å²) in [6.45, 7) is 4.23. The molecule has 2 amide bonds. The Labute approximate surface area is 124 Å². The van der Waals surface area contributed by atoms with Gasteiger partial charge < -0.3 is 10.6 Å². The Balaban J connectivity index is 2.49. The first kappa shape index (κ1) is 16.2. The second kappa shape index (κ2) is 8.38. The molecule has 0 aliphatic heterocycles. The highest BCUT2D eigenvalue weighted by Gasteiger charge is 2.12. The molecule has 1 aromatic rings. The molecule has 0 heterocycles. The Bertz CT molecular complexity index is 500. The summed E-state index contributed by atoms with van der Waals surface area (Å²) in [7, 11) is 0. The van der Waals surface area contributed by atoms with Crippen molar-refractivity contribution in [2.75, 3.05) is 6.54 Å². The van der Waals surface area contributed by atoms with E-state index in [0.29, 0.717) is 11.6 Å². The lowest BCUT2D eigenvalue weighted by atomic mass is 10.2. The number of benzene rings is 1. The molecule has 20 heavy (non-hydrogen) atoms. The molecule has 0 spiro atoms. The summed E-state index contributed by atoms with van der Waals surface area (Å²) in [5.74, 6) is -0.500. The minimum absolute atomic E-state index is 0.184. The van der Waals surface area contributed by atoms with Crippen molar-refractivity contribution in [3.8, 4) is 0 Å². The van der Waals surface area contributed by atoms with E-state index < -0.39 is 6.04 Å². The summed E-state index contributed by atoms with van der Waals surface area (Å²) in [6, 6.07) is 6.60. The maximum Gasteiger partial charge on any atom is 0.244 e. The molecule has 4 nitrogen and oxygen atoms in total. The van der Waals surface area contributed by atoms with Crippen LogP contribution in [0, 0.1) is 0 Å². The second-order valence-corrected chi connectivity index (χ2v) is 4.85. The summed E-state index contributed by atoms with van der Waals surface area (Å²) in [5.41, 5.74) is 0.829. The van der Waals surface area contributed by atoms with Crippen LogP contribution < -0.4 is 10.6 Å². The van der Waals surface area contributed by atoms with Crippen LogP contribution in [0.25, 0.3) is 6.08 Å². The number of hydrogen-bond acceptors (Lipinski definition) is 2. The lowest BCUT2D eigenvalue weighted by Gasteiger charge is -2.12. The average molecular weight is 295 g/mol. The zero-order valence-electron chi connectivity index (χ0n) is 11.7. The van der Waals surface area contributed by atoms with Crippen molar-refractivity contribution in [3.05, 3.63) is 40.9 Å². The van der Waals surface area contributed by atoms with Crippen molar-refractivity contribution in [1.29, 1.82) is 0 Å². The lowest BCUT2D eigenvalue weighted by Crippen LogP contribution is -2.44. The van der Waals surface area contributed by atoms with E-state index in [1.165, 1.54) is 6.08 Å². The van der Waals surface area contributed by atoms with Gasteiger partial charge in [-0.15, -0.1) is 0 Å². The van der Waals surface area contributed by atoms with Crippen molar-refractivity contribution in [2.45, 2.75) is 26.3 Å². The summed E-state index contributed by atoms with van der Waals surface area (Å²) in [5, 5.41) is 5.94. The van der Waals surface area contributed by atoms with Gasteiger partial charge in [0.15, 0.2) is 0 Å². The molecule has 0 radical (unpaired) electrons. The Hall–Kier alpha value is -1.81. The van der Waals surface area contributed by atoms with Crippen molar-refractivity contribution in [2.24, 2.45) is 0 Å². The molecule has 0 aliphatic rings. The number of halogens is 1. The summed E-state index contributed by atoms with van der Waals surface area (Å²) in [4.78, 5) is 23.3. The van der Waals surface area contributed by atoms with E-state index >= 15 is 0 Å². The van der Waals surface area contributed by atoms with Gasteiger partial charge in [0, 0.05) is 17.6 Å². The van der Waals surface area contributed by atoms with Crippen LogP contribution in [0.2, 0.25) is 5.02 Å². The molecule has 5 heteroatoms. The molecule has 0 saturated carbocycles. The molecule has 1 unspecified atom stereocenters. The number of amides is 2. The quantitative estimate of drug-likeness (QED) is 0.792. The molecule has 2 N–H and O–H groups in total. The largest absolute Gasteiger partial charge is 0.354 e. The number of carbonyl (C=O) groups is 2. The van der Waals surface area contributed by atoms with E-state index in [0.717, 1.165) is 12.0 Å². The molecular weight excluding hydrogens is 276 g/mol. The minimum atomic E-state index is -0.557. The number of hydrogen-bond donors (Lipinski definition) is 2. The fraction of sp³-hybridized carbons (Fsp3) is 0.333. The molecule has 0 fully saturated rings. The van der Waals surface area contributed by atoms with Crippen molar-refractivity contribution < 1.29 is 9.59 Å². The molecule has 0 aromatic heterocycles. The third-order valence-electron chi connectivity index (χ3n) is 2.58. The van der Waals surface area contributed by atoms with E-state index in [4.69, 9.17) is 11.6 Å². The smallest absolute Gasteiger partial charge is 0.244 e. The molecule has 108 valence electrons. The fourth-order valence-electron chi connectivity index (χ4n) is 1.51. The molecular formula is C15H19ClN2O2. The Kier molecular flexibility index (Phi) is 6.81. The van der Waals surface area contributed by atoms with Gasteiger partial charge in [0.05, 0.1) is 0 Å². The van der Waals surface area contributed by atoms with Gasteiger partial charge in [-0.3, -0.25) is 9.59 Å². The SMILES string of the molecule is CCCNC(=O)C(C)NC(=O)C=Cc1cccc(Cl)c1. The maximum atomic E-state index is 11.7. The highest BCUT2D eigenvalue weighted by atomic mass is 35.5. The van der Waals surface area contributed by atoms with Crippen LogP contribution in [0.15, 0.2) is 30.3 Å².